The van der Waals surface area contributed by atoms with Crippen LogP contribution in [0.15, 0.2) is 78.9 Å². The maximum Gasteiger partial charge on any atom is 0.00986 e. The molecule has 0 aliphatic heterocycles. The second-order valence-corrected chi connectivity index (χ2v) is 5.75. The van der Waals surface area contributed by atoms with Gasteiger partial charge in [0.05, 0.1) is 0 Å². The van der Waals surface area contributed by atoms with Gasteiger partial charge in [0.15, 0.2) is 0 Å². The molecule has 0 bridgehead atoms. The van der Waals surface area contributed by atoms with Gasteiger partial charge in [-0.15, -0.1) is 0 Å². The van der Waals surface area contributed by atoms with Gasteiger partial charge < -0.3 is 0 Å². The van der Waals surface area contributed by atoms with E-state index in [2.05, 4.69) is 78.9 Å². The molecule has 1 atom stereocenters. The molecule has 0 aromatic heterocycles. The molecule has 0 nitrogen and oxygen atoms in total. The molecule has 0 saturated carbocycles. The molecule has 3 aromatic carbocycles. The highest BCUT2D eigenvalue weighted by molar-refractivity contribution is 5.73. The Morgan fingerprint density at radius 2 is 1.29 bits per heavy atom. The Hall–Kier alpha value is -2.34. The number of aryl methyl sites for hydroxylation is 1. The largest absolute Gasteiger partial charge is 0.0622 e. The highest BCUT2D eigenvalue weighted by Crippen LogP contribution is 2.40. The van der Waals surface area contributed by atoms with E-state index in [-0.39, 0.29) is 0 Å². The predicted molar refractivity (Wildman–Crippen MR) is 88.5 cm³/mol. The molecule has 0 amide bonds. The van der Waals surface area contributed by atoms with E-state index in [1.807, 2.05) is 0 Å². The van der Waals surface area contributed by atoms with Crippen molar-refractivity contribution in [3.05, 3.63) is 95.6 Å². The molecule has 21 heavy (non-hydrogen) atoms. The minimum Gasteiger partial charge on any atom is -0.0622 e. The lowest BCUT2D eigenvalue weighted by atomic mass is 9.86. The summed E-state index contributed by atoms with van der Waals surface area (Å²) in [4.78, 5) is 0. The fraction of sp³-hybridized carbons (Fsp3) is 0.143. The van der Waals surface area contributed by atoms with Crippen LogP contribution < -0.4 is 0 Å². The Kier molecular flexibility index (Phi) is 3.08. The van der Waals surface area contributed by atoms with Gasteiger partial charge in [-0.3, -0.25) is 0 Å². The molecule has 3 aromatic rings. The Balaban J connectivity index is 1.92. The minimum absolute atomic E-state index is 0.495. The van der Waals surface area contributed by atoms with E-state index in [1.165, 1.54) is 34.2 Å². The van der Waals surface area contributed by atoms with Crippen LogP contribution in [-0.4, -0.2) is 0 Å². The molecule has 102 valence electrons. The standard InChI is InChI=1S/C21H18/c1-2-8-16(9-3-1)19-15-14-17-10-4-5-11-18(17)20-12-6-7-13-21(19)20/h1-13,19H,14-15H2. The van der Waals surface area contributed by atoms with Crippen LogP contribution >= 0.6 is 0 Å². The topological polar surface area (TPSA) is 0 Å². The summed E-state index contributed by atoms with van der Waals surface area (Å²) >= 11 is 0. The van der Waals surface area contributed by atoms with Gasteiger partial charge in [0, 0.05) is 5.92 Å². The molecule has 0 radical (unpaired) electrons. The summed E-state index contributed by atoms with van der Waals surface area (Å²) in [6.45, 7) is 0. The van der Waals surface area contributed by atoms with E-state index >= 15 is 0 Å². The molecule has 0 fully saturated rings. The van der Waals surface area contributed by atoms with Crippen LogP contribution in [0.5, 0.6) is 0 Å². The molecule has 0 spiro atoms. The maximum absolute atomic E-state index is 2.30. The number of hydrogen-bond donors (Lipinski definition) is 0. The molecule has 1 aliphatic rings. The zero-order chi connectivity index (χ0) is 14.1. The lowest BCUT2D eigenvalue weighted by Gasteiger charge is -2.18. The summed E-state index contributed by atoms with van der Waals surface area (Å²) in [5.41, 5.74) is 7.18. The van der Waals surface area contributed by atoms with Gasteiger partial charge in [-0.1, -0.05) is 78.9 Å². The molecule has 0 heteroatoms. The second kappa shape index (κ2) is 5.21. The molecule has 0 heterocycles. The number of benzene rings is 3. The Labute approximate surface area is 126 Å². The third-order valence-corrected chi connectivity index (χ3v) is 4.55. The first-order chi connectivity index (χ1) is 10.4. The zero-order valence-corrected chi connectivity index (χ0v) is 12.0. The molecule has 0 N–H and O–H groups in total. The SMILES string of the molecule is c1ccc(C2CCc3ccccc3-c3ccccc32)cc1. The molecule has 1 unspecified atom stereocenters. The van der Waals surface area contributed by atoms with Gasteiger partial charge in [0.1, 0.15) is 0 Å². The smallest absolute Gasteiger partial charge is 0.00986 e. The average molecular weight is 270 g/mol. The molecular formula is C21H18. The summed E-state index contributed by atoms with van der Waals surface area (Å²) in [5.74, 6) is 0.495. The maximum atomic E-state index is 2.30. The van der Waals surface area contributed by atoms with Crippen molar-refractivity contribution in [1.82, 2.24) is 0 Å². The third kappa shape index (κ3) is 2.17. The normalized spacial score (nSPS) is 16.7. The van der Waals surface area contributed by atoms with Crippen LogP contribution in [0.4, 0.5) is 0 Å². The van der Waals surface area contributed by atoms with Crippen LogP contribution in [-0.2, 0) is 6.42 Å². The highest BCUT2D eigenvalue weighted by atomic mass is 14.3. The quantitative estimate of drug-likeness (QED) is 0.553. The van der Waals surface area contributed by atoms with Gasteiger partial charge in [-0.05, 0) is 40.7 Å². The first-order valence-corrected chi connectivity index (χ1v) is 7.65. The van der Waals surface area contributed by atoms with Crippen molar-refractivity contribution in [2.45, 2.75) is 18.8 Å². The zero-order valence-electron chi connectivity index (χ0n) is 12.0. The van der Waals surface area contributed by atoms with E-state index < -0.39 is 0 Å². The Morgan fingerprint density at radius 3 is 2.14 bits per heavy atom. The predicted octanol–water partition coefficient (Wildman–Crippen LogP) is 5.43. The summed E-state index contributed by atoms with van der Waals surface area (Å²) < 4.78 is 0. The van der Waals surface area contributed by atoms with E-state index in [0.29, 0.717) is 5.92 Å². The number of rotatable bonds is 1. The van der Waals surface area contributed by atoms with Crippen molar-refractivity contribution in [2.75, 3.05) is 0 Å². The highest BCUT2D eigenvalue weighted by Gasteiger charge is 2.22. The van der Waals surface area contributed by atoms with Crippen molar-refractivity contribution in [3.63, 3.8) is 0 Å². The lowest BCUT2D eigenvalue weighted by molar-refractivity contribution is 0.726. The van der Waals surface area contributed by atoms with Crippen LogP contribution in [0.1, 0.15) is 29.0 Å². The Morgan fingerprint density at radius 1 is 0.619 bits per heavy atom. The third-order valence-electron chi connectivity index (χ3n) is 4.55. The van der Waals surface area contributed by atoms with Crippen LogP contribution in [0.3, 0.4) is 0 Å². The summed E-state index contributed by atoms with van der Waals surface area (Å²) in [5, 5.41) is 0. The fourth-order valence-electron chi connectivity index (χ4n) is 3.53. The summed E-state index contributed by atoms with van der Waals surface area (Å²) in [6.07, 6.45) is 2.32. The summed E-state index contributed by atoms with van der Waals surface area (Å²) in [6, 6.07) is 28.7. The van der Waals surface area contributed by atoms with Gasteiger partial charge in [0.25, 0.3) is 0 Å². The average Bonchev–Trinajstić information content (AvgIpc) is 2.73. The van der Waals surface area contributed by atoms with E-state index in [0.717, 1.165) is 6.42 Å². The number of fused-ring (bicyclic) bond motifs is 3. The van der Waals surface area contributed by atoms with Gasteiger partial charge in [0.2, 0.25) is 0 Å². The van der Waals surface area contributed by atoms with Gasteiger partial charge in [-0.2, -0.15) is 0 Å². The molecular weight excluding hydrogens is 252 g/mol. The monoisotopic (exact) mass is 270 g/mol. The van der Waals surface area contributed by atoms with Crippen molar-refractivity contribution in [2.24, 2.45) is 0 Å². The van der Waals surface area contributed by atoms with Crippen LogP contribution in [0, 0.1) is 0 Å². The van der Waals surface area contributed by atoms with E-state index in [9.17, 15) is 0 Å². The molecule has 0 saturated heterocycles. The molecule has 4 rings (SSSR count). The lowest BCUT2D eigenvalue weighted by Crippen LogP contribution is -2.01. The second-order valence-electron chi connectivity index (χ2n) is 5.75. The van der Waals surface area contributed by atoms with E-state index in [4.69, 9.17) is 0 Å². The first-order valence-electron chi connectivity index (χ1n) is 7.65. The van der Waals surface area contributed by atoms with Crippen LogP contribution in [0.25, 0.3) is 11.1 Å². The van der Waals surface area contributed by atoms with E-state index in [1.54, 1.807) is 0 Å². The minimum atomic E-state index is 0.495. The van der Waals surface area contributed by atoms with Crippen molar-refractivity contribution >= 4 is 0 Å². The number of hydrogen-bond acceptors (Lipinski definition) is 0. The Bertz CT molecular complexity index is 756. The van der Waals surface area contributed by atoms with Gasteiger partial charge in [-0.25, -0.2) is 0 Å². The first kappa shape index (κ1) is 12.4. The fourth-order valence-corrected chi connectivity index (χ4v) is 3.53. The van der Waals surface area contributed by atoms with Gasteiger partial charge >= 0.3 is 0 Å². The molecule has 1 aliphatic carbocycles. The van der Waals surface area contributed by atoms with Crippen molar-refractivity contribution < 1.29 is 0 Å². The van der Waals surface area contributed by atoms with Crippen molar-refractivity contribution in [1.29, 1.82) is 0 Å². The van der Waals surface area contributed by atoms with Crippen LogP contribution in [0.2, 0.25) is 0 Å². The summed E-state index contributed by atoms with van der Waals surface area (Å²) in [7, 11) is 0. The van der Waals surface area contributed by atoms with Crippen molar-refractivity contribution in [3.8, 4) is 11.1 Å².